The second-order valence-electron chi connectivity index (χ2n) is 4.22. The third kappa shape index (κ3) is 4.07. The molecule has 0 aliphatic carbocycles. The molecule has 3 N–H and O–H groups in total. The number of aryl methyl sites for hydroxylation is 1. The molecule has 1 rings (SSSR count). The van der Waals surface area contributed by atoms with Crippen LogP contribution in [-0.2, 0) is 4.74 Å². The number of amides is 1. The molecule has 0 aliphatic rings. The van der Waals surface area contributed by atoms with E-state index in [0.29, 0.717) is 11.6 Å². The number of primary amides is 1. The summed E-state index contributed by atoms with van der Waals surface area (Å²) in [7, 11) is 1.69. The zero-order valence-electron chi connectivity index (χ0n) is 10.6. The molecule has 1 atom stereocenters. The van der Waals surface area contributed by atoms with Crippen LogP contribution in [0.25, 0.3) is 0 Å². The van der Waals surface area contributed by atoms with Crippen molar-refractivity contribution in [2.45, 2.75) is 26.3 Å². The van der Waals surface area contributed by atoms with E-state index >= 15 is 0 Å². The molecule has 1 unspecified atom stereocenters. The van der Waals surface area contributed by atoms with Crippen molar-refractivity contribution in [3.05, 3.63) is 29.3 Å². The number of hydrogen-bond acceptors (Lipinski definition) is 3. The van der Waals surface area contributed by atoms with Gasteiger partial charge in [-0.05, 0) is 44.0 Å². The van der Waals surface area contributed by atoms with E-state index in [-0.39, 0.29) is 0 Å². The molecule has 0 fully saturated rings. The van der Waals surface area contributed by atoms with Gasteiger partial charge < -0.3 is 15.8 Å². The number of benzene rings is 1. The summed E-state index contributed by atoms with van der Waals surface area (Å²) < 4.78 is 5.03. The largest absolute Gasteiger partial charge is 0.385 e. The van der Waals surface area contributed by atoms with Crippen LogP contribution in [-0.4, -0.2) is 25.7 Å². The molecular weight excluding hydrogens is 216 g/mol. The SMILES string of the molecule is COCCC(C)Nc1ccc(C(N)=O)cc1C. The highest BCUT2D eigenvalue weighted by atomic mass is 16.5. The fraction of sp³-hybridized carbons (Fsp3) is 0.462. The topological polar surface area (TPSA) is 64.3 Å². The lowest BCUT2D eigenvalue weighted by Gasteiger charge is -2.17. The Balaban J connectivity index is 2.69. The van der Waals surface area contributed by atoms with Crippen LogP contribution in [0.15, 0.2) is 18.2 Å². The molecule has 1 amide bonds. The first-order valence-electron chi connectivity index (χ1n) is 5.70. The molecule has 94 valence electrons. The van der Waals surface area contributed by atoms with Crippen molar-refractivity contribution in [3.8, 4) is 0 Å². The molecule has 0 bridgehead atoms. The van der Waals surface area contributed by atoms with Crippen LogP contribution in [0.2, 0.25) is 0 Å². The Bertz CT molecular complexity index is 391. The highest BCUT2D eigenvalue weighted by molar-refractivity contribution is 5.93. The molecule has 0 saturated carbocycles. The first kappa shape index (κ1) is 13.5. The molecule has 0 saturated heterocycles. The number of carbonyl (C=O) groups is 1. The molecule has 1 aromatic rings. The number of carbonyl (C=O) groups excluding carboxylic acids is 1. The van der Waals surface area contributed by atoms with Gasteiger partial charge in [0.15, 0.2) is 0 Å². The highest BCUT2D eigenvalue weighted by Crippen LogP contribution is 2.17. The molecule has 0 spiro atoms. The predicted molar refractivity (Wildman–Crippen MR) is 69.3 cm³/mol. The standard InChI is InChI=1S/C13H20N2O2/c1-9-8-11(13(14)16)4-5-12(9)15-10(2)6-7-17-3/h4-5,8,10,15H,6-7H2,1-3H3,(H2,14,16). The first-order chi connectivity index (χ1) is 8.04. The number of hydrogen-bond donors (Lipinski definition) is 2. The van der Waals surface area contributed by atoms with Crippen molar-refractivity contribution in [1.82, 2.24) is 0 Å². The molecule has 0 aliphatic heterocycles. The Hall–Kier alpha value is -1.55. The number of methoxy groups -OCH3 is 1. The summed E-state index contributed by atoms with van der Waals surface area (Å²) in [6, 6.07) is 5.75. The average Bonchev–Trinajstić information content (AvgIpc) is 2.28. The Morgan fingerprint density at radius 2 is 2.24 bits per heavy atom. The minimum atomic E-state index is -0.396. The van der Waals surface area contributed by atoms with Gasteiger partial charge >= 0.3 is 0 Å². The van der Waals surface area contributed by atoms with Crippen LogP contribution >= 0.6 is 0 Å². The van der Waals surface area contributed by atoms with Crippen LogP contribution in [0.1, 0.15) is 29.3 Å². The Morgan fingerprint density at radius 1 is 1.53 bits per heavy atom. The van der Waals surface area contributed by atoms with Gasteiger partial charge in [0.25, 0.3) is 0 Å². The molecule has 17 heavy (non-hydrogen) atoms. The molecule has 4 nitrogen and oxygen atoms in total. The molecule has 1 aromatic carbocycles. The van der Waals surface area contributed by atoms with E-state index in [1.807, 2.05) is 13.0 Å². The minimum Gasteiger partial charge on any atom is -0.385 e. The minimum absolute atomic E-state index is 0.327. The van der Waals surface area contributed by atoms with Crippen molar-refractivity contribution >= 4 is 11.6 Å². The summed E-state index contributed by atoms with van der Waals surface area (Å²) >= 11 is 0. The fourth-order valence-electron chi connectivity index (χ4n) is 1.61. The van der Waals surface area contributed by atoms with Gasteiger partial charge in [-0.3, -0.25) is 4.79 Å². The monoisotopic (exact) mass is 236 g/mol. The van der Waals surface area contributed by atoms with E-state index < -0.39 is 5.91 Å². The normalized spacial score (nSPS) is 12.2. The molecule has 0 radical (unpaired) electrons. The van der Waals surface area contributed by atoms with E-state index in [0.717, 1.165) is 24.3 Å². The summed E-state index contributed by atoms with van der Waals surface area (Å²) in [5.41, 5.74) is 7.81. The lowest BCUT2D eigenvalue weighted by Crippen LogP contribution is -2.18. The highest BCUT2D eigenvalue weighted by Gasteiger charge is 2.06. The zero-order valence-corrected chi connectivity index (χ0v) is 10.6. The van der Waals surface area contributed by atoms with Gasteiger partial charge in [-0.15, -0.1) is 0 Å². The van der Waals surface area contributed by atoms with E-state index in [1.54, 1.807) is 19.2 Å². The van der Waals surface area contributed by atoms with Gasteiger partial charge in [-0.1, -0.05) is 0 Å². The molecule has 0 aromatic heterocycles. The second kappa shape index (κ2) is 6.25. The Kier molecular flexibility index (Phi) is 4.97. The zero-order chi connectivity index (χ0) is 12.8. The molecular formula is C13H20N2O2. The van der Waals surface area contributed by atoms with E-state index in [1.165, 1.54) is 0 Å². The van der Waals surface area contributed by atoms with E-state index in [9.17, 15) is 4.79 Å². The average molecular weight is 236 g/mol. The lowest BCUT2D eigenvalue weighted by atomic mass is 10.1. The third-order valence-electron chi connectivity index (χ3n) is 2.67. The van der Waals surface area contributed by atoms with Gasteiger partial charge in [-0.25, -0.2) is 0 Å². The number of nitrogens with two attached hydrogens (primary N) is 1. The number of rotatable bonds is 6. The third-order valence-corrected chi connectivity index (χ3v) is 2.67. The maximum absolute atomic E-state index is 11.0. The van der Waals surface area contributed by atoms with Crippen molar-refractivity contribution in [2.24, 2.45) is 5.73 Å². The van der Waals surface area contributed by atoms with Gasteiger partial charge in [0, 0.05) is 31.0 Å². The lowest BCUT2D eigenvalue weighted by molar-refractivity contribution is 0.1000. The molecule has 0 heterocycles. The Morgan fingerprint density at radius 3 is 2.76 bits per heavy atom. The van der Waals surface area contributed by atoms with Crippen molar-refractivity contribution < 1.29 is 9.53 Å². The fourth-order valence-corrected chi connectivity index (χ4v) is 1.61. The van der Waals surface area contributed by atoms with Gasteiger partial charge in [0.05, 0.1) is 0 Å². The molecule has 4 heteroatoms. The summed E-state index contributed by atoms with van der Waals surface area (Å²) in [6.07, 6.45) is 0.938. The quantitative estimate of drug-likeness (QED) is 0.793. The van der Waals surface area contributed by atoms with Crippen LogP contribution in [0, 0.1) is 6.92 Å². The van der Waals surface area contributed by atoms with Gasteiger partial charge in [0.2, 0.25) is 5.91 Å². The number of nitrogens with one attached hydrogen (secondary N) is 1. The van der Waals surface area contributed by atoms with Crippen LogP contribution in [0.3, 0.4) is 0 Å². The van der Waals surface area contributed by atoms with Gasteiger partial charge in [-0.2, -0.15) is 0 Å². The van der Waals surface area contributed by atoms with E-state index in [2.05, 4.69) is 12.2 Å². The summed E-state index contributed by atoms with van der Waals surface area (Å²) in [5, 5.41) is 3.38. The Labute approximate surface area is 102 Å². The second-order valence-corrected chi connectivity index (χ2v) is 4.22. The number of anilines is 1. The predicted octanol–water partition coefficient (Wildman–Crippen LogP) is 1.93. The number of ether oxygens (including phenoxy) is 1. The first-order valence-corrected chi connectivity index (χ1v) is 5.70. The summed E-state index contributed by atoms with van der Waals surface area (Å²) in [6.45, 7) is 4.78. The van der Waals surface area contributed by atoms with Crippen molar-refractivity contribution in [1.29, 1.82) is 0 Å². The van der Waals surface area contributed by atoms with E-state index in [4.69, 9.17) is 10.5 Å². The summed E-state index contributed by atoms with van der Waals surface area (Å²) in [4.78, 5) is 11.0. The summed E-state index contributed by atoms with van der Waals surface area (Å²) in [5.74, 6) is -0.396. The maximum Gasteiger partial charge on any atom is 0.248 e. The van der Waals surface area contributed by atoms with Crippen LogP contribution < -0.4 is 11.1 Å². The van der Waals surface area contributed by atoms with Gasteiger partial charge in [0.1, 0.15) is 0 Å². The van der Waals surface area contributed by atoms with Crippen molar-refractivity contribution in [3.63, 3.8) is 0 Å². The smallest absolute Gasteiger partial charge is 0.248 e. The maximum atomic E-state index is 11.0. The van der Waals surface area contributed by atoms with Crippen LogP contribution in [0.5, 0.6) is 0 Å². The van der Waals surface area contributed by atoms with Crippen molar-refractivity contribution in [2.75, 3.05) is 19.0 Å². The van der Waals surface area contributed by atoms with Crippen LogP contribution in [0.4, 0.5) is 5.69 Å².